The Balaban J connectivity index is 1.39. The van der Waals surface area contributed by atoms with Gasteiger partial charge in [0, 0.05) is 32.2 Å². The number of hydrogen-bond donors (Lipinski definition) is 1. The average molecular weight is 420 g/mol. The molecular formula is C19H18F2N4O3S. The smallest absolute Gasteiger partial charge is 0.286 e. The Morgan fingerprint density at radius 2 is 1.79 bits per heavy atom. The maximum atomic E-state index is 13.9. The summed E-state index contributed by atoms with van der Waals surface area (Å²) in [5, 5.41) is 3.04. The molecule has 2 aliphatic heterocycles. The zero-order chi connectivity index (χ0) is 20.6. The minimum atomic E-state index is -3.75. The van der Waals surface area contributed by atoms with Crippen molar-refractivity contribution in [3.05, 3.63) is 59.7 Å². The maximum absolute atomic E-state index is 13.9. The SMILES string of the molecule is O=C(c1ccc(F)cc1F)N1CCN(CC2=NS(=O)(=O)c3ccccc3N2)CC1. The van der Waals surface area contributed by atoms with Gasteiger partial charge in [-0.1, -0.05) is 12.1 Å². The summed E-state index contributed by atoms with van der Waals surface area (Å²) < 4.78 is 55.4. The zero-order valence-corrected chi connectivity index (χ0v) is 16.1. The van der Waals surface area contributed by atoms with Crippen LogP contribution in [0.25, 0.3) is 0 Å². The molecule has 0 atom stereocenters. The van der Waals surface area contributed by atoms with Crippen LogP contribution in [0.2, 0.25) is 0 Å². The molecular weight excluding hydrogens is 402 g/mol. The second kappa shape index (κ2) is 7.53. The standard InChI is InChI=1S/C19H18F2N4O3S/c20-13-5-6-14(15(21)11-13)19(26)25-9-7-24(8-10-25)12-18-22-16-3-1-2-4-17(16)29(27,28)23-18/h1-6,11H,7-10,12H2,(H,22,23). The lowest BCUT2D eigenvalue weighted by atomic mass is 10.1. The summed E-state index contributed by atoms with van der Waals surface area (Å²) in [5.41, 5.74) is 0.318. The number of fused-ring (bicyclic) bond motifs is 1. The van der Waals surface area contributed by atoms with Gasteiger partial charge in [0.15, 0.2) is 0 Å². The minimum absolute atomic E-state index is 0.139. The van der Waals surface area contributed by atoms with Crippen LogP contribution >= 0.6 is 0 Å². The number of nitrogens with zero attached hydrogens (tertiary/aromatic N) is 3. The van der Waals surface area contributed by atoms with Gasteiger partial charge in [0.05, 0.1) is 17.8 Å². The molecule has 29 heavy (non-hydrogen) atoms. The Hall–Kier alpha value is -2.85. The molecule has 1 saturated heterocycles. The van der Waals surface area contributed by atoms with Crippen molar-refractivity contribution in [2.75, 3.05) is 38.0 Å². The van der Waals surface area contributed by atoms with Crippen molar-refractivity contribution in [3.8, 4) is 0 Å². The number of halogens is 2. The lowest BCUT2D eigenvalue weighted by molar-refractivity contribution is 0.0649. The molecule has 2 aliphatic rings. The van der Waals surface area contributed by atoms with E-state index in [-0.39, 0.29) is 17.0 Å². The van der Waals surface area contributed by atoms with Crippen LogP contribution in [-0.4, -0.2) is 62.7 Å². The van der Waals surface area contributed by atoms with Gasteiger partial charge in [0.1, 0.15) is 22.4 Å². The summed E-state index contributed by atoms with van der Waals surface area (Å²) in [5.74, 6) is -1.80. The molecule has 152 valence electrons. The number of amidine groups is 1. The molecule has 2 aromatic carbocycles. The normalized spacial score (nSPS) is 18.6. The number of carbonyl (C=O) groups excluding carboxylic acids is 1. The molecule has 10 heteroatoms. The maximum Gasteiger partial charge on any atom is 0.286 e. The molecule has 0 aliphatic carbocycles. The van der Waals surface area contributed by atoms with Crippen molar-refractivity contribution in [2.24, 2.45) is 4.40 Å². The molecule has 0 aromatic heterocycles. The number of benzene rings is 2. The van der Waals surface area contributed by atoms with E-state index >= 15 is 0 Å². The number of rotatable bonds is 3. The molecule has 1 N–H and O–H groups in total. The summed E-state index contributed by atoms with van der Waals surface area (Å²) in [6, 6.07) is 9.43. The highest BCUT2D eigenvalue weighted by molar-refractivity contribution is 7.90. The van der Waals surface area contributed by atoms with Gasteiger partial charge in [-0.2, -0.15) is 8.42 Å². The van der Waals surface area contributed by atoms with Crippen LogP contribution in [0, 0.1) is 11.6 Å². The number of carbonyl (C=O) groups is 1. The van der Waals surface area contributed by atoms with E-state index in [1.807, 2.05) is 4.90 Å². The number of anilines is 1. The van der Waals surface area contributed by atoms with Crippen LogP contribution in [0.15, 0.2) is 51.8 Å². The number of piperazine rings is 1. The Labute approximate surface area is 166 Å². The topological polar surface area (TPSA) is 82.1 Å². The fourth-order valence-electron chi connectivity index (χ4n) is 3.39. The average Bonchev–Trinajstić information content (AvgIpc) is 2.68. The van der Waals surface area contributed by atoms with Gasteiger partial charge < -0.3 is 10.2 Å². The van der Waals surface area contributed by atoms with Gasteiger partial charge in [0.2, 0.25) is 0 Å². The Bertz CT molecular complexity index is 1100. The number of sulfonamides is 1. The first-order chi connectivity index (χ1) is 13.8. The minimum Gasteiger partial charge on any atom is -0.341 e. The quantitative estimate of drug-likeness (QED) is 0.821. The van der Waals surface area contributed by atoms with Gasteiger partial charge in [-0.05, 0) is 24.3 Å². The molecule has 4 rings (SSSR count). The van der Waals surface area contributed by atoms with Crippen LogP contribution in [0.3, 0.4) is 0 Å². The van der Waals surface area contributed by atoms with Gasteiger partial charge >= 0.3 is 0 Å². The summed E-state index contributed by atoms with van der Waals surface area (Å²) in [6.45, 7) is 1.90. The van der Waals surface area contributed by atoms with Gasteiger partial charge in [-0.15, -0.1) is 4.40 Å². The molecule has 0 saturated carbocycles. The van der Waals surface area contributed by atoms with Crippen LogP contribution in [0.4, 0.5) is 14.5 Å². The van der Waals surface area contributed by atoms with E-state index in [1.54, 1.807) is 18.2 Å². The number of nitrogens with one attached hydrogen (secondary N) is 1. The van der Waals surface area contributed by atoms with E-state index < -0.39 is 27.6 Å². The van der Waals surface area contributed by atoms with E-state index in [0.29, 0.717) is 43.8 Å². The van der Waals surface area contributed by atoms with E-state index in [0.717, 1.165) is 12.1 Å². The van der Waals surface area contributed by atoms with Gasteiger partial charge in [0.25, 0.3) is 15.9 Å². The van der Waals surface area contributed by atoms with Crippen molar-refractivity contribution < 1.29 is 22.0 Å². The molecule has 1 amide bonds. The highest BCUT2D eigenvalue weighted by Crippen LogP contribution is 2.26. The molecule has 0 unspecified atom stereocenters. The van der Waals surface area contributed by atoms with Crippen molar-refractivity contribution in [1.82, 2.24) is 9.80 Å². The fourth-order valence-corrected chi connectivity index (χ4v) is 4.53. The first-order valence-electron chi connectivity index (χ1n) is 9.00. The van der Waals surface area contributed by atoms with E-state index in [1.165, 1.54) is 11.0 Å². The molecule has 2 heterocycles. The molecule has 2 aromatic rings. The molecule has 0 spiro atoms. The molecule has 0 bridgehead atoms. The summed E-state index contributed by atoms with van der Waals surface area (Å²) in [4.78, 5) is 16.1. The van der Waals surface area contributed by atoms with Gasteiger partial charge in [-0.3, -0.25) is 9.69 Å². The highest BCUT2D eigenvalue weighted by Gasteiger charge is 2.28. The van der Waals surface area contributed by atoms with Crippen LogP contribution in [-0.2, 0) is 10.0 Å². The largest absolute Gasteiger partial charge is 0.341 e. The van der Waals surface area contributed by atoms with E-state index in [9.17, 15) is 22.0 Å². The van der Waals surface area contributed by atoms with E-state index in [4.69, 9.17) is 0 Å². The lowest BCUT2D eigenvalue weighted by Gasteiger charge is -2.35. The van der Waals surface area contributed by atoms with Crippen molar-refractivity contribution in [1.29, 1.82) is 0 Å². The number of para-hydroxylation sites is 1. The Morgan fingerprint density at radius 3 is 2.52 bits per heavy atom. The van der Waals surface area contributed by atoms with Gasteiger partial charge in [-0.25, -0.2) is 8.78 Å². The second-order valence-corrected chi connectivity index (χ2v) is 8.40. The number of amides is 1. The van der Waals surface area contributed by atoms with Crippen LogP contribution in [0.1, 0.15) is 10.4 Å². The summed E-state index contributed by atoms with van der Waals surface area (Å²) in [6.07, 6.45) is 0. The third kappa shape index (κ3) is 3.99. The highest BCUT2D eigenvalue weighted by atomic mass is 32.2. The zero-order valence-electron chi connectivity index (χ0n) is 15.3. The van der Waals surface area contributed by atoms with Crippen LogP contribution in [0.5, 0.6) is 0 Å². The summed E-state index contributed by atoms with van der Waals surface area (Å²) in [7, 11) is -3.75. The Morgan fingerprint density at radius 1 is 1.07 bits per heavy atom. The van der Waals surface area contributed by atoms with Crippen LogP contribution < -0.4 is 5.32 Å². The first kappa shape index (κ1) is 19.5. The van der Waals surface area contributed by atoms with Crippen molar-refractivity contribution in [3.63, 3.8) is 0 Å². The Kier molecular flexibility index (Phi) is 5.05. The molecule has 7 nitrogen and oxygen atoms in total. The molecule has 1 fully saturated rings. The van der Waals surface area contributed by atoms with E-state index in [2.05, 4.69) is 9.71 Å². The second-order valence-electron chi connectivity index (χ2n) is 6.83. The first-order valence-corrected chi connectivity index (χ1v) is 10.4. The predicted octanol–water partition coefficient (Wildman–Crippen LogP) is 1.94. The fraction of sp³-hybridized carbons (Fsp3) is 0.263. The monoisotopic (exact) mass is 420 g/mol. The number of hydrogen-bond acceptors (Lipinski definition) is 5. The third-order valence-corrected chi connectivity index (χ3v) is 6.24. The third-order valence-electron chi connectivity index (χ3n) is 4.87. The lowest BCUT2D eigenvalue weighted by Crippen LogP contribution is -2.50. The predicted molar refractivity (Wildman–Crippen MR) is 103 cm³/mol. The van der Waals surface area contributed by atoms with Crippen molar-refractivity contribution >= 4 is 27.5 Å². The molecule has 0 radical (unpaired) electrons. The van der Waals surface area contributed by atoms with Crippen molar-refractivity contribution in [2.45, 2.75) is 4.90 Å². The summed E-state index contributed by atoms with van der Waals surface area (Å²) >= 11 is 0.